The molecule has 0 bridgehead atoms. The molecule has 1 atom stereocenters. The summed E-state index contributed by atoms with van der Waals surface area (Å²) in [5.41, 5.74) is 0.688. The highest BCUT2D eigenvalue weighted by Crippen LogP contribution is 2.26. The van der Waals surface area contributed by atoms with Gasteiger partial charge in [-0.05, 0) is 37.1 Å². The molecular formula is C14H14ClNO3S. The number of nitrogens with zero attached hydrogens (tertiary/aromatic N) is 1. The van der Waals surface area contributed by atoms with Crippen LogP contribution in [0.2, 0.25) is 5.02 Å². The van der Waals surface area contributed by atoms with Gasteiger partial charge in [0.1, 0.15) is 0 Å². The zero-order chi connectivity index (χ0) is 14.2. The molecule has 1 aliphatic rings. The normalized spacial score (nSPS) is 19.6. The third kappa shape index (κ3) is 2.66. The van der Waals surface area contributed by atoms with Crippen LogP contribution in [0.15, 0.2) is 35.4 Å². The Labute approximate surface area is 122 Å². The van der Waals surface area contributed by atoms with Crippen molar-refractivity contribution in [2.75, 3.05) is 12.4 Å². The first kappa shape index (κ1) is 13.8. The van der Waals surface area contributed by atoms with E-state index >= 15 is 0 Å². The molecule has 0 unspecified atom stereocenters. The SMILES string of the molecule is O=S(=O)(C[C@@H]1CCCO1)c1ccc2nccc(Cl)c2c1. The number of benzene rings is 1. The van der Waals surface area contributed by atoms with Crippen LogP contribution in [-0.2, 0) is 14.6 Å². The van der Waals surface area contributed by atoms with Crippen LogP contribution in [0.25, 0.3) is 10.9 Å². The molecule has 0 saturated carbocycles. The van der Waals surface area contributed by atoms with E-state index in [1.165, 1.54) is 0 Å². The summed E-state index contributed by atoms with van der Waals surface area (Å²) in [6.45, 7) is 0.646. The van der Waals surface area contributed by atoms with Crippen LogP contribution in [0.1, 0.15) is 12.8 Å². The molecule has 4 nitrogen and oxygen atoms in total. The lowest BCUT2D eigenvalue weighted by molar-refractivity contribution is 0.127. The summed E-state index contributed by atoms with van der Waals surface area (Å²) < 4.78 is 30.2. The molecule has 6 heteroatoms. The van der Waals surface area contributed by atoms with E-state index in [0.29, 0.717) is 22.5 Å². The van der Waals surface area contributed by atoms with Crippen LogP contribution in [0.3, 0.4) is 0 Å². The molecule has 0 N–H and O–H groups in total. The van der Waals surface area contributed by atoms with Crippen LogP contribution >= 0.6 is 11.6 Å². The van der Waals surface area contributed by atoms with Crippen molar-refractivity contribution in [2.45, 2.75) is 23.8 Å². The smallest absolute Gasteiger partial charge is 0.180 e. The summed E-state index contributed by atoms with van der Waals surface area (Å²) >= 11 is 6.09. The van der Waals surface area contributed by atoms with Crippen LogP contribution in [0.5, 0.6) is 0 Å². The highest BCUT2D eigenvalue weighted by molar-refractivity contribution is 7.91. The fourth-order valence-electron chi connectivity index (χ4n) is 2.40. The zero-order valence-corrected chi connectivity index (χ0v) is 12.3. The fraction of sp³-hybridized carbons (Fsp3) is 0.357. The van der Waals surface area contributed by atoms with Gasteiger partial charge in [-0.15, -0.1) is 0 Å². The van der Waals surface area contributed by atoms with Crippen LogP contribution < -0.4 is 0 Å². The Morgan fingerprint density at radius 3 is 2.95 bits per heavy atom. The van der Waals surface area contributed by atoms with Crippen molar-refractivity contribution < 1.29 is 13.2 Å². The Balaban J connectivity index is 1.98. The molecule has 3 rings (SSSR count). The summed E-state index contributed by atoms with van der Waals surface area (Å²) in [7, 11) is -3.36. The summed E-state index contributed by atoms with van der Waals surface area (Å²) in [6, 6.07) is 6.51. The molecule has 106 valence electrons. The first-order chi connectivity index (χ1) is 9.56. The maximum Gasteiger partial charge on any atom is 0.180 e. The first-order valence-electron chi connectivity index (χ1n) is 6.45. The van der Waals surface area contributed by atoms with E-state index in [9.17, 15) is 8.42 Å². The molecule has 1 fully saturated rings. The molecule has 0 radical (unpaired) electrons. The second kappa shape index (κ2) is 5.31. The number of fused-ring (bicyclic) bond motifs is 1. The maximum absolute atomic E-state index is 12.4. The van der Waals surface area contributed by atoms with Gasteiger partial charge in [0.2, 0.25) is 0 Å². The van der Waals surface area contributed by atoms with Gasteiger partial charge in [-0.1, -0.05) is 11.6 Å². The van der Waals surface area contributed by atoms with E-state index in [4.69, 9.17) is 16.3 Å². The minimum Gasteiger partial charge on any atom is -0.377 e. The predicted octanol–water partition coefficient (Wildman–Crippen LogP) is 2.84. The first-order valence-corrected chi connectivity index (χ1v) is 8.48. The van der Waals surface area contributed by atoms with Crippen molar-refractivity contribution in [3.05, 3.63) is 35.5 Å². The van der Waals surface area contributed by atoms with Crippen molar-refractivity contribution in [1.29, 1.82) is 0 Å². The molecule has 20 heavy (non-hydrogen) atoms. The minimum atomic E-state index is -3.36. The average Bonchev–Trinajstić information content (AvgIpc) is 2.91. The van der Waals surface area contributed by atoms with Gasteiger partial charge in [0.15, 0.2) is 9.84 Å². The highest BCUT2D eigenvalue weighted by atomic mass is 35.5. The molecule has 1 aromatic carbocycles. The van der Waals surface area contributed by atoms with Gasteiger partial charge < -0.3 is 4.74 Å². The van der Waals surface area contributed by atoms with Gasteiger partial charge in [0.05, 0.1) is 27.3 Å². The fourth-order valence-corrected chi connectivity index (χ4v) is 4.13. The second-order valence-electron chi connectivity index (χ2n) is 4.89. The van der Waals surface area contributed by atoms with Crippen LogP contribution in [-0.4, -0.2) is 31.9 Å². The largest absolute Gasteiger partial charge is 0.377 e. The zero-order valence-electron chi connectivity index (χ0n) is 10.8. The number of pyridine rings is 1. The lowest BCUT2D eigenvalue weighted by Gasteiger charge is -2.11. The van der Waals surface area contributed by atoms with E-state index in [0.717, 1.165) is 12.8 Å². The third-order valence-electron chi connectivity index (χ3n) is 3.45. The van der Waals surface area contributed by atoms with Gasteiger partial charge in [-0.3, -0.25) is 4.98 Å². The number of hydrogen-bond acceptors (Lipinski definition) is 4. The monoisotopic (exact) mass is 311 g/mol. The number of hydrogen-bond donors (Lipinski definition) is 0. The van der Waals surface area contributed by atoms with Crippen molar-refractivity contribution in [3.8, 4) is 0 Å². The van der Waals surface area contributed by atoms with Gasteiger partial charge in [0.25, 0.3) is 0 Å². The van der Waals surface area contributed by atoms with Crippen molar-refractivity contribution >= 4 is 32.3 Å². The van der Waals surface area contributed by atoms with Crippen LogP contribution in [0, 0.1) is 0 Å². The summed E-state index contributed by atoms with van der Waals surface area (Å²) in [4.78, 5) is 4.44. The lowest BCUT2D eigenvalue weighted by atomic mass is 10.2. The quantitative estimate of drug-likeness (QED) is 0.874. The third-order valence-corrected chi connectivity index (χ3v) is 5.56. The average molecular weight is 312 g/mol. The molecular weight excluding hydrogens is 298 g/mol. The Hall–Kier alpha value is -1.17. The van der Waals surface area contributed by atoms with Gasteiger partial charge in [-0.2, -0.15) is 0 Å². The summed E-state index contributed by atoms with van der Waals surface area (Å²) in [6.07, 6.45) is 3.13. The molecule has 1 aromatic heterocycles. The Morgan fingerprint density at radius 2 is 2.20 bits per heavy atom. The van der Waals surface area contributed by atoms with E-state index in [2.05, 4.69) is 4.98 Å². The summed E-state index contributed by atoms with van der Waals surface area (Å²) in [5, 5.41) is 1.16. The lowest BCUT2D eigenvalue weighted by Crippen LogP contribution is -2.20. The van der Waals surface area contributed by atoms with Crippen molar-refractivity contribution in [2.24, 2.45) is 0 Å². The van der Waals surface area contributed by atoms with Gasteiger partial charge >= 0.3 is 0 Å². The molecule has 0 amide bonds. The number of sulfone groups is 1. The molecule has 2 aromatic rings. The number of aromatic nitrogens is 1. The molecule has 2 heterocycles. The minimum absolute atomic E-state index is 0.0242. The van der Waals surface area contributed by atoms with E-state index in [1.807, 2.05) is 0 Å². The second-order valence-corrected chi connectivity index (χ2v) is 7.33. The molecule has 1 aliphatic heterocycles. The maximum atomic E-state index is 12.4. The topological polar surface area (TPSA) is 56.3 Å². The molecule has 0 spiro atoms. The van der Waals surface area contributed by atoms with E-state index in [1.54, 1.807) is 30.5 Å². The standard InChI is InChI=1S/C14H14ClNO3S/c15-13-5-6-16-14-4-3-11(8-12(13)14)20(17,18)9-10-2-1-7-19-10/h3-6,8,10H,1-2,7,9H2/t10-/m0/s1. The van der Waals surface area contributed by atoms with E-state index in [-0.39, 0.29) is 16.8 Å². The number of rotatable bonds is 3. The predicted molar refractivity (Wildman–Crippen MR) is 77.8 cm³/mol. The Morgan fingerprint density at radius 1 is 1.35 bits per heavy atom. The number of ether oxygens (including phenoxy) is 1. The molecule has 1 saturated heterocycles. The van der Waals surface area contributed by atoms with E-state index < -0.39 is 9.84 Å². The number of halogens is 1. The highest BCUT2D eigenvalue weighted by Gasteiger charge is 2.25. The molecule has 0 aliphatic carbocycles. The van der Waals surface area contributed by atoms with Crippen molar-refractivity contribution in [3.63, 3.8) is 0 Å². The van der Waals surface area contributed by atoms with Crippen LogP contribution in [0.4, 0.5) is 0 Å². The van der Waals surface area contributed by atoms with Crippen molar-refractivity contribution in [1.82, 2.24) is 4.98 Å². The van der Waals surface area contributed by atoms with Gasteiger partial charge in [0, 0.05) is 18.2 Å². The van der Waals surface area contributed by atoms with Gasteiger partial charge in [-0.25, -0.2) is 8.42 Å². The summed E-state index contributed by atoms with van der Waals surface area (Å²) in [5.74, 6) is 0.0242. The Bertz CT molecular complexity index is 739. The Kier molecular flexibility index (Phi) is 3.67.